The zero-order valence-electron chi connectivity index (χ0n) is 9.38. The average molecular weight is 232 g/mol. The quantitative estimate of drug-likeness (QED) is 0.749. The van der Waals surface area contributed by atoms with Crippen molar-refractivity contribution in [1.29, 1.82) is 0 Å². The van der Waals surface area contributed by atoms with E-state index in [0.717, 1.165) is 0 Å². The highest BCUT2D eigenvalue weighted by Crippen LogP contribution is 2.23. The number of aromatic nitrogens is 2. The Bertz CT molecular complexity index is 355. The second-order valence-electron chi connectivity index (χ2n) is 3.58. The minimum atomic E-state index is -0.544. The molecule has 0 saturated carbocycles. The highest BCUT2D eigenvalue weighted by atomic mass is 35.5. The van der Waals surface area contributed by atoms with Crippen LogP contribution in [0.3, 0.4) is 0 Å². The standard InChI is InChI=1S/C10H15ClFN3/c1-5-15(6(2)3)10-8(12)9(11)13-7(4)14-10/h6H,5H2,1-4H3. The molecule has 0 aliphatic carbocycles. The summed E-state index contributed by atoms with van der Waals surface area (Å²) in [4.78, 5) is 9.69. The summed E-state index contributed by atoms with van der Waals surface area (Å²) in [6, 6.07) is 0.176. The molecule has 84 valence electrons. The molecule has 5 heteroatoms. The molecule has 1 rings (SSSR count). The maximum absolute atomic E-state index is 13.7. The van der Waals surface area contributed by atoms with Crippen molar-refractivity contribution in [2.75, 3.05) is 11.4 Å². The van der Waals surface area contributed by atoms with Crippen LogP contribution in [0, 0.1) is 12.7 Å². The molecule has 0 fully saturated rings. The van der Waals surface area contributed by atoms with Crippen LogP contribution in [-0.4, -0.2) is 22.6 Å². The molecule has 1 aromatic rings. The maximum Gasteiger partial charge on any atom is 0.202 e. The number of hydrogen-bond acceptors (Lipinski definition) is 3. The molecule has 0 saturated heterocycles. The lowest BCUT2D eigenvalue weighted by Crippen LogP contribution is -2.32. The van der Waals surface area contributed by atoms with Crippen LogP contribution in [0.4, 0.5) is 10.2 Å². The summed E-state index contributed by atoms with van der Waals surface area (Å²) in [6.07, 6.45) is 0. The molecule has 0 bridgehead atoms. The molecule has 0 amide bonds. The Morgan fingerprint density at radius 1 is 1.40 bits per heavy atom. The van der Waals surface area contributed by atoms with Gasteiger partial charge in [0.2, 0.25) is 5.82 Å². The van der Waals surface area contributed by atoms with Crippen molar-refractivity contribution < 1.29 is 4.39 Å². The lowest BCUT2D eigenvalue weighted by Gasteiger charge is -2.26. The first-order valence-electron chi connectivity index (χ1n) is 4.93. The normalized spacial score (nSPS) is 10.9. The molecule has 1 heterocycles. The van der Waals surface area contributed by atoms with Gasteiger partial charge in [-0.25, -0.2) is 9.97 Å². The van der Waals surface area contributed by atoms with Gasteiger partial charge in [-0.15, -0.1) is 0 Å². The number of hydrogen-bond donors (Lipinski definition) is 0. The number of halogens is 2. The van der Waals surface area contributed by atoms with Crippen molar-refractivity contribution in [1.82, 2.24) is 9.97 Å². The fourth-order valence-electron chi connectivity index (χ4n) is 1.46. The van der Waals surface area contributed by atoms with E-state index in [0.29, 0.717) is 12.4 Å². The first-order valence-corrected chi connectivity index (χ1v) is 5.31. The summed E-state index contributed by atoms with van der Waals surface area (Å²) in [5.41, 5.74) is 0. The van der Waals surface area contributed by atoms with E-state index >= 15 is 0 Å². The predicted octanol–water partition coefficient (Wildman–Crippen LogP) is 2.81. The Kier molecular flexibility index (Phi) is 3.85. The molecule has 0 spiro atoms. The van der Waals surface area contributed by atoms with Gasteiger partial charge in [0.15, 0.2) is 11.0 Å². The third-order valence-electron chi connectivity index (χ3n) is 2.14. The van der Waals surface area contributed by atoms with E-state index in [1.165, 1.54) is 0 Å². The fourth-order valence-corrected chi connectivity index (χ4v) is 1.67. The maximum atomic E-state index is 13.7. The Labute approximate surface area is 94.3 Å². The molecule has 15 heavy (non-hydrogen) atoms. The fraction of sp³-hybridized carbons (Fsp3) is 0.600. The van der Waals surface area contributed by atoms with Crippen molar-refractivity contribution in [3.8, 4) is 0 Å². The van der Waals surface area contributed by atoms with Gasteiger partial charge in [0.05, 0.1) is 0 Å². The van der Waals surface area contributed by atoms with Crippen LogP contribution in [0.1, 0.15) is 26.6 Å². The average Bonchev–Trinajstić information content (AvgIpc) is 2.13. The van der Waals surface area contributed by atoms with Crippen LogP contribution < -0.4 is 4.90 Å². The van der Waals surface area contributed by atoms with Gasteiger partial charge >= 0.3 is 0 Å². The molecule has 0 aromatic carbocycles. The summed E-state index contributed by atoms with van der Waals surface area (Å²) in [5.74, 6) is 0.221. The van der Waals surface area contributed by atoms with E-state index < -0.39 is 5.82 Å². The number of nitrogens with zero attached hydrogens (tertiary/aromatic N) is 3. The largest absolute Gasteiger partial charge is 0.352 e. The van der Waals surface area contributed by atoms with Crippen LogP contribution >= 0.6 is 11.6 Å². The molecule has 0 aliphatic heterocycles. The van der Waals surface area contributed by atoms with E-state index in [1.54, 1.807) is 6.92 Å². The molecule has 0 radical (unpaired) electrons. The Hall–Kier alpha value is -0.900. The van der Waals surface area contributed by atoms with Gasteiger partial charge in [0.25, 0.3) is 0 Å². The van der Waals surface area contributed by atoms with Crippen molar-refractivity contribution in [3.05, 3.63) is 16.8 Å². The van der Waals surface area contributed by atoms with Crippen LogP contribution in [0.15, 0.2) is 0 Å². The van der Waals surface area contributed by atoms with Crippen molar-refractivity contribution >= 4 is 17.4 Å². The number of anilines is 1. The van der Waals surface area contributed by atoms with E-state index in [2.05, 4.69) is 9.97 Å². The van der Waals surface area contributed by atoms with Crippen LogP contribution in [0.2, 0.25) is 5.15 Å². The topological polar surface area (TPSA) is 29.0 Å². The summed E-state index contributed by atoms with van der Waals surface area (Å²) in [7, 11) is 0. The Balaban J connectivity index is 3.22. The first-order chi connectivity index (χ1) is 6.97. The summed E-state index contributed by atoms with van der Waals surface area (Å²) >= 11 is 5.67. The minimum Gasteiger partial charge on any atom is -0.352 e. The first kappa shape index (κ1) is 12.2. The minimum absolute atomic E-state index is 0.114. The van der Waals surface area contributed by atoms with E-state index in [4.69, 9.17) is 11.6 Å². The molecule has 0 atom stereocenters. The summed E-state index contributed by atoms with van der Waals surface area (Å²) < 4.78 is 13.7. The van der Waals surface area contributed by atoms with Crippen molar-refractivity contribution in [2.24, 2.45) is 0 Å². The molecule has 0 aliphatic rings. The lowest BCUT2D eigenvalue weighted by atomic mass is 10.3. The summed E-state index contributed by atoms with van der Waals surface area (Å²) in [5, 5.41) is -0.114. The molecule has 1 aromatic heterocycles. The smallest absolute Gasteiger partial charge is 0.202 e. The van der Waals surface area contributed by atoms with E-state index in [-0.39, 0.29) is 17.0 Å². The van der Waals surface area contributed by atoms with Crippen LogP contribution in [0.5, 0.6) is 0 Å². The predicted molar refractivity (Wildman–Crippen MR) is 59.9 cm³/mol. The molecule has 0 N–H and O–H groups in total. The van der Waals surface area contributed by atoms with Gasteiger partial charge in [-0.1, -0.05) is 11.6 Å². The third kappa shape index (κ3) is 2.56. The molecule has 0 unspecified atom stereocenters. The van der Waals surface area contributed by atoms with Gasteiger partial charge < -0.3 is 4.90 Å². The third-order valence-corrected chi connectivity index (χ3v) is 2.39. The second kappa shape index (κ2) is 4.75. The number of aryl methyl sites for hydroxylation is 1. The van der Waals surface area contributed by atoms with Gasteiger partial charge in [-0.3, -0.25) is 0 Å². The van der Waals surface area contributed by atoms with E-state index in [1.807, 2.05) is 25.7 Å². The van der Waals surface area contributed by atoms with Crippen LogP contribution in [0.25, 0.3) is 0 Å². The Morgan fingerprint density at radius 2 is 2.00 bits per heavy atom. The monoisotopic (exact) mass is 231 g/mol. The second-order valence-corrected chi connectivity index (χ2v) is 3.94. The zero-order valence-corrected chi connectivity index (χ0v) is 10.1. The van der Waals surface area contributed by atoms with Crippen molar-refractivity contribution in [3.63, 3.8) is 0 Å². The SMILES string of the molecule is CCN(c1nc(C)nc(Cl)c1F)C(C)C. The van der Waals surface area contributed by atoms with E-state index in [9.17, 15) is 4.39 Å². The summed E-state index contributed by atoms with van der Waals surface area (Å²) in [6.45, 7) is 8.29. The van der Waals surface area contributed by atoms with Gasteiger partial charge in [0.1, 0.15) is 5.82 Å². The van der Waals surface area contributed by atoms with Crippen molar-refractivity contribution in [2.45, 2.75) is 33.7 Å². The molecular weight excluding hydrogens is 217 g/mol. The molecule has 3 nitrogen and oxygen atoms in total. The highest BCUT2D eigenvalue weighted by molar-refractivity contribution is 6.29. The van der Waals surface area contributed by atoms with Gasteiger partial charge in [-0.05, 0) is 27.7 Å². The van der Waals surface area contributed by atoms with Gasteiger partial charge in [0, 0.05) is 12.6 Å². The molecular formula is C10H15ClFN3. The van der Waals surface area contributed by atoms with Gasteiger partial charge in [-0.2, -0.15) is 4.39 Å². The highest BCUT2D eigenvalue weighted by Gasteiger charge is 2.18. The number of rotatable bonds is 3. The van der Waals surface area contributed by atoms with Crippen LogP contribution in [-0.2, 0) is 0 Å². The lowest BCUT2D eigenvalue weighted by molar-refractivity contribution is 0.585. The Morgan fingerprint density at radius 3 is 2.47 bits per heavy atom. The zero-order chi connectivity index (χ0) is 11.6.